The number of methoxy groups -OCH3 is 2. The summed E-state index contributed by atoms with van der Waals surface area (Å²) in [4.78, 5) is 12.6. The molecule has 6 nitrogen and oxygen atoms in total. The van der Waals surface area contributed by atoms with E-state index in [1.165, 1.54) is 12.8 Å². The van der Waals surface area contributed by atoms with E-state index < -0.39 is 0 Å². The summed E-state index contributed by atoms with van der Waals surface area (Å²) in [7, 11) is 3.23. The molecule has 4 rings (SSSR count). The molecule has 1 aromatic heterocycles. The third kappa shape index (κ3) is 4.85. The maximum absolute atomic E-state index is 12.6. The molecule has 3 aromatic rings. The minimum Gasteiger partial charge on any atom is -0.493 e. The number of amides is 1. The first-order valence-corrected chi connectivity index (χ1v) is 11.4. The first-order chi connectivity index (χ1) is 16.0. The fourth-order valence-corrected chi connectivity index (χ4v) is 4.45. The van der Waals surface area contributed by atoms with Crippen molar-refractivity contribution in [3.63, 3.8) is 0 Å². The molecule has 174 valence electrons. The van der Waals surface area contributed by atoms with Gasteiger partial charge in [-0.05, 0) is 56.0 Å². The standard InChI is InChI=1S/C27H31NO5/c1-5-32-24-15-25-21(14-20(24)17(2)12-27(29)28-19-8-6-7-9-19)22(16-33-25)18-10-11-23(30-3)26(13-18)31-4/h10-16,19H,5-9H2,1-4H3,(H,28,29)/b17-12+. The third-order valence-corrected chi connectivity index (χ3v) is 6.14. The van der Waals surface area contributed by atoms with Crippen LogP contribution >= 0.6 is 0 Å². The number of hydrogen-bond acceptors (Lipinski definition) is 5. The number of fused-ring (bicyclic) bond motifs is 1. The molecule has 0 bridgehead atoms. The summed E-state index contributed by atoms with van der Waals surface area (Å²) in [5.41, 5.74) is 4.31. The molecule has 0 radical (unpaired) electrons. The summed E-state index contributed by atoms with van der Waals surface area (Å²) in [5, 5.41) is 4.06. The maximum atomic E-state index is 12.6. The van der Waals surface area contributed by atoms with Gasteiger partial charge in [0.1, 0.15) is 11.3 Å². The Hall–Kier alpha value is -3.41. The lowest BCUT2D eigenvalue weighted by atomic mass is 9.99. The highest BCUT2D eigenvalue weighted by molar-refractivity contribution is 6.00. The van der Waals surface area contributed by atoms with Gasteiger partial charge in [0.2, 0.25) is 5.91 Å². The van der Waals surface area contributed by atoms with Crippen molar-refractivity contribution in [3.8, 4) is 28.4 Å². The van der Waals surface area contributed by atoms with E-state index in [2.05, 4.69) is 5.32 Å². The zero-order valence-corrected chi connectivity index (χ0v) is 19.7. The van der Waals surface area contributed by atoms with Gasteiger partial charge in [0.25, 0.3) is 0 Å². The Kier molecular flexibility index (Phi) is 6.92. The number of carbonyl (C=O) groups excluding carboxylic acids is 1. The molecule has 1 N–H and O–H groups in total. The van der Waals surface area contributed by atoms with E-state index in [-0.39, 0.29) is 11.9 Å². The van der Waals surface area contributed by atoms with E-state index in [1.807, 2.05) is 44.2 Å². The molecule has 1 amide bonds. The van der Waals surface area contributed by atoms with Gasteiger partial charge in [0.15, 0.2) is 11.5 Å². The second-order valence-electron chi connectivity index (χ2n) is 8.31. The van der Waals surface area contributed by atoms with Crippen LogP contribution in [0.25, 0.3) is 27.7 Å². The number of ether oxygens (including phenoxy) is 3. The smallest absolute Gasteiger partial charge is 0.244 e. The Morgan fingerprint density at radius 2 is 1.85 bits per heavy atom. The Morgan fingerprint density at radius 1 is 1.09 bits per heavy atom. The van der Waals surface area contributed by atoms with E-state index in [0.29, 0.717) is 23.9 Å². The fraction of sp³-hybridized carbons (Fsp3) is 0.370. The summed E-state index contributed by atoms with van der Waals surface area (Å²) in [6.07, 6.45) is 7.86. The minimum atomic E-state index is -0.0609. The molecule has 0 aliphatic heterocycles. The van der Waals surface area contributed by atoms with Gasteiger partial charge in [-0.25, -0.2) is 0 Å². The summed E-state index contributed by atoms with van der Waals surface area (Å²) in [6, 6.07) is 9.98. The van der Waals surface area contributed by atoms with E-state index in [1.54, 1.807) is 26.6 Å². The first-order valence-electron chi connectivity index (χ1n) is 11.4. The number of furan rings is 1. The van der Waals surface area contributed by atoms with Crippen LogP contribution < -0.4 is 19.5 Å². The first kappa shape index (κ1) is 22.8. The molecule has 33 heavy (non-hydrogen) atoms. The van der Waals surface area contributed by atoms with Crippen LogP contribution in [0.1, 0.15) is 45.1 Å². The molecule has 6 heteroatoms. The van der Waals surface area contributed by atoms with Crippen LogP contribution in [0.5, 0.6) is 17.2 Å². The molecular weight excluding hydrogens is 418 g/mol. The second-order valence-corrected chi connectivity index (χ2v) is 8.31. The number of hydrogen-bond donors (Lipinski definition) is 1. The Labute approximate surface area is 194 Å². The SMILES string of the molecule is CCOc1cc2occ(-c3ccc(OC)c(OC)c3)c2cc1/C(C)=C/C(=O)NC1CCCC1. The van der Waals surface area contributed by atoms with Crippen LogP contribution in [-0.2, 0) is 4.79 Å². The lowest BCUT2D eigenvalue weighted by molar-refractivity contribution is -0.117. The van der Waals surface area contributed by atoms with Crippen molar-refractivity contribution in [1.82, 2.24) is 5.32 Å². The molecular formula is C27H31NO5. The largest absolute Gasteiger partial charge is 0.493 e. The molecule has 1 heterocycles. The van der Waals surface area contributed by atoms with Crippen molar-refractivity contribution >= 4 is 22.4 Å². The monoisotopic (exact) mass is 449 g/mol. The lowest BCUT2D eigenvalue weighted by Gasteiger charge is -2.13. The average molecular weight is 450 g/mol. The molecule has 0 saturated heterocycles. The van der Waals surface area contributed by atoms with Crippen LogP contribution in [0.4, 0.5) is 0 Å². The molecule has 1 fully saturated rings. The van der Waals surface area contributed by atoms with Gasteiger partial charge >= 0.3 is 0 Å². The van der Waals surface area contributed by atoms with Gasteiger partial charge in [-0.2, -0.15) is 0 Å². The summed E-state index contributed by atoms with van der Waals surface area (Å²) in [6.45, 7) is 4.40. The summed E-state index contributed by atoms with van der Waals surface area (Å²) < 4.78 is 22.6. The van der Waals surface area contributed by atoms with Gasteiger partial charge in [0.05, 0.1) is 27.1 Å². The van der Waals surface area contributed by atoms with Crippen molar-refractivity contribution in [3.05, 3.63) is 48.2 Å². The molecule has 0 unspecified atom stereocenters. The van der Waals surface area contributed by atoms with Crippen molar-refractivity contribution in [2.24, 2.45) is 0 Å². The average Bonchev–Trinajstić information content (AvgIpc) is 3.47. The van der Waals surface area contributed by atoms with E-state index in [4.69, 9.17) is 18.6 Å². The van der Waals surface area contributed by atoms with Crippen LogP contribution in [0.15, 0.2) is 47.1 Å². The maximum Gasteiger partial charge on any atom is 0.244 e. The van der Waals surface area contributed by atoms with Crippen LogP contribution in [0, 0.1) is 0 Å². The molecule has 1 saturated carbocycles. The molecule has 1 aliphatic carbocycles. The normalized spacial score (nSPS) is 14.5. The molecule has 1 aliphatic rings. The highest BCUT2D eigenvalue weighted by Crippen LogP contribution is 2.40. The third-order valence-electron chi connectivity index (χ3n) is 6.14. The van der Waals surface area contributed by atoms with Gasteiger partial charge in [-0.1, -0.05) is 18.9 Å². The minimum absolute atomic E-state index is 0.0609. The number of rotatable bonds is 8. The molecule has 0 atom stereocenters. The molecule has 2 aromatic carbocycles. The van der Waals surface area contributed by atoms with Gasteiger partial charge in [0, 0.05) is 34.7 Å². The van der Waals surface area contributed by atoms with Gasteiger partial charge < -0.3 is 23.9 Å². The van der Waals surface area contributed by atoms with Crippen LogP contribution in [-0.4, -0.2) is 32.8 Å². The second kappa shape index (κ2) is 10.0. The summed E-state index contributed by atoms with van der Waals surface area (Å²) in [5.74, 6) is 1.95. The van der Waals surface area contributed by atoms with Crippen molar-refractivity contribution in [2.75, 3.05) is 20.8 Å². The van der Waals surface area contributed by atoms with E-state index in [9.17, 15) is 4.79 Å². The van der Waals surface area contributed by atoms with Crippen molar-refractivity contribution < 1.29 is 23.4 Å². The number of allylic oxidation sites excluding steroid dienone is 1. The molecule has 0 spiro atoms. The number of benzene rings is 2. The summed E-state index contributed by atoms with van der Waals surface area (Å²) >= 11 is 0. The lowest BCUT2D eigenvalue weighted by Crippen LogP contribution is -2.31. The predicted octanol–water partition coefficient (Wildman–Crippen LogP) is 5.98. The zero-order chi connectivity index (χ0) is 23.4. The zero-order valence-electron chi connectivity index (χ0n) is 19.7. The van der Waals surface area contributed by atoms with Crippen LogP contribution in [0.3, 0.4) is 0 Å². The van der Waals surface area contributed by atoms with Crippen LogP contribution in [0.2, 0.25) is 0 Å². The van der Waals surface area contributed by atoms with E-state index >= 15 is 0 Å². The number of nitrogens with one attached hydrogen (secondary N) is 1. The quantitative estimate of drug-likeness (QED) is 0.429. The predicted molar refractivity (Wildman–Crippen MR) is 130 cm³/mol. The van der Waals surface area contributed by atoms with Crippen molar-refractivity contribution in [1.29, 1.82) is 0 Å². The van der Waals surface area contributed by atoms with E-state index in [0.717, 1.165) is 46.1 Å². The highest BCUT2D eigenvalue weighted by atomic mass is 16.5. The fourth-order valence-electron chi connectivity index (χ4n) is 4.45. The van der Waals surface area contributed by atoms with Gasteiger partial charge in [-0.15, -0.1) is 0 Å². The Bertz CT molecular complexity index is 1170. The Morgan fingerprint density at radius 3 is 2.55 bits per heavy atom. The van der Waals surface area contributed by atoms with Crippen molar-refractivity contribution in [2.45, 2.75) is 45.6 Å². The topological polar surface area (TPSA) is 69.9 Å². The number of carbonyl (C=O) groups is 1. The van der Waals surface area contributed by atoms with Gasteiger partial charge in [-0.3, -0.25) is 4.79 Å². The Balaban J connectivity index is 1.73. The highest BCUT2D eigenvalue weighted by Gasteiger charge is 2.18.